The van der Waals surface area contributed by atoms with Crippen LogP contribution in [0.3, 0.4) is 0 Å². The van der Waals surface area contributed by atoms with Crippen LogP contribution in [-0.2, 0) is 4.79 Å². The highest BCUT2D eigenvalue weighted by Gasteiger charge is 2.07. The lowest BCUT2D eigenvalue weighted by Gasteiger charge is -2.10. The van der Waals surface area contributed by atoms with Crippen molar-refractivity contribution in [1.82, 2.24) is 10.6 Å². The van der Waals surface area contributed by atoms with E-state index >= 15 is 0 Å². The van der Waals surface area contributed by atoms with Gasteiger partial charge in [0.25, 0.3) is 0 Å². The first-order chi connectivity index (χ1) is 5.22. The van der Waals surface area contributed by atoms with Crippen LogP contribution in [0.15, 0.2) is 12.7 Å². The smallest absolute Gasteiger partial charge is 0.236 e. The summed E-state index contributed by atoms with van der Waals surface area (Å²) >= 11 is 0. The van der Waals surface area contributed by atoms with E-state index in [1.165, 1.54) is 0 Å². The topological polar surface area (TPSA) is 41.1 Å². The summed E-state index contributed by atoms with van der Waals surface area (Å²) in [5, 5.41) is 5.62. The Labute approximate surface area is 67.9 Å². The maximum Gasteiger partial charge on any atom is 0.236 e. The van der Waals surface area contributed by atoms with Gasteiger partial charge in [-0.25, -0.2) is 0 Å². The summed E-state index contributed by atoms with van der Waals surface area (Å²) in [4.78, 5) is 10.9. The van der Waals surface area contributed by atoms with Crippen molar-refractivity contribution in [3.8, 4) is 0 Å². The molecular formula is C8H16N2O. The quantitative estimate of drug-likeness (QED) is 0.443. The maximum atomic E-state index is 10.9. The second-order valence-corrected chi connectivity index (χ2v) is 2.37. The molecule has 0 aromatic carbocycles. The van der Waals surface area contributed by atoms with Gasteiger partial charge in [0, 0.05) is 7.05 Å². The van der Waals surface area contributed by atoms with Gasteiger partial charge in [-0.05, 0) is 19.9 Å². The van der Waals surface area contributed by atoms with Crippen LogP contribution < -0.4 is 10.6 Å². The van der Waals surface area contributed by atoms with Crippen molar-refractivity contribution in [2.75, 3.05) is 13.6 Å². The number of rotatable bonds is 5. The minimum atomic E-state index is -0.111. The second-order valence-electron chi connectivity index (χ2n) is 2.37. The predicted octanol–water partition coefficient (Wildman–Crippen LogP) is 0.287. The molecule has 0 saturated carbocycles. The Morgan fingerprint density at radius 1 is 1.73 bits per heavy atom. The van der Waals surface area contributed by atoms with Gasteiger partial charge in [0.15, 0.2) is 0 Å². The molecule has 0 rings (SSSR count). The number of carbonyl (C=O) groups is 1. The molecule has 3 heteroatoms. The van der Waals surface area contributed by atoms with Gasteiger partial charge in [-0.3, -0.25) is 4.79 Å². The highest BCUT2D eigenvalue weighted by molar-refractivity contribution is 5.80. The lowest BCUT2D eigenvalue weighted by molar-refractivity contribution is -0.122. The van der Waals surface area contributed by atoms with Crippen molar-refractivity contribution in [3.63, 3.8) is 0 Å². The van der Waals surface area contributed by atoms with Crippen LogP contribution in [-0.4, -0.2) is 25.5 Å². The molecule has 1 unspecified atom stereocenters. The molecule has 64 valence electrons. The third-order valence-corrected chi connectivity index (χ3v) is 1.44. The number of nitrogens with one attached hydrogen (secondary N) is 2. The van der Waals surface area contributed by atoms with Gasteiger partial charge < -0.3 is 10.6 Å². The Bertz CT molecular complexity index is 134. The third kappa shape index (κ3) is 4.56. The highest BCUT2D eigenvalue weighted by atomic mass is 16.2. The Morgan fingerprint density at radius 3 is 2.82 bits per heavy atom. The minimum absolute atomic E-state index is 0.0223. The molecule has 11 heavy (non-hydrogen) atoms. The average molecular weight is 156 g/mol. The molecule has 0 saturated heterocycles. The summed E-state index contributed by atoms with van der Waals surface area (Å²) in [5.41, 5.74) is 0. The first-order valence-electron chi connectivity index (χ1n) is 3.78. The van der Waals surface area contributed by atoms with Crippen molar-refractivity contribution in [2.24, 2.45) is 0 Å². The number of carbonyl (C=O) groups excluding carboxylic acids is 1. The molecule has 3 nitrogen and oxygen atoms in total. The monoisotopic (exact) mass is 156 g/mol. The lowest BCUT2D eigenvalue weighted by atomic mass is 10.3. The molecule has 0 bridgehead atoms. The van der Waals surface area contributed by atoms with Gasteiger partial charge in [-0.2, -0.15) is 0 Å². The van der Waals surface area contributed by atoms with Gasteiger partial charge in [0.2, 0.25) is 5.91 Å². The fourth-order valence-corrected chi connectivity index (χ4v) is 0.711. The fourth-order valence-electron chi connectivity index (χ4n) is 0.711. The van der Waals surface area contributed by atoms with E-state index in [2.05, 4.69) is 17.2 Å². The minimum Gasteiger partial charge on any atom is -0.358 e. The van der Waals surface area contributed by atoms with Crippen LogP contribution in [0.5, 0.6) is 0 Å². The normalized spacial score (nSPS) is 12.2. The molecule has 0 aliphatic heterocycles. The summed E-state index contributed by atoms with van der Waals surface area (Å²) in [7, 11) is 1.63. The van der Waals surface area contributed by atoms with E-state index in [4.69, 9.17) is 0 Å². The Balaban J connectivity index is 3.43. The maximum absolute atomic E-state index is 10.9. The SMILES string of the molecule is C=CCCNC(C)C(=O)NC. The molecule has 0 fully saturated rings. The van der Waals surface area contributed by atoms with E-state index in [9.17, 15) is 4.79 Å². The Hall–Kier alpha value is -0.830. The molecule has 0 radical (unpaired) electrons. The van der Waals surface area contributed by atoms with E-state index in [0.717, 1.165) is 13.0 Å². The van der Waals surface area contributed by atoms with Crippen LogP contribution in [0.1, 0.15) is 13.3 Å². The molecule has 0 aliphatic carbocycles. The van der Waals surface area contributed by atoms with Crippen LogP contribution in [0.25, 0.3) is 0 Å². The lowest BCUT2D eigenvalue weighted by Crippen LogP contribution is -2.40. The first-order valence-corrected chi connectivity index (χ1v) is 3.78. The molecule has 0 aromatic rings. The van der Waals surface area contributed by atoms with Gasteiger partial charge in [-0.1, -0.05) is 6.08 Å². The van der Waals surface area contributed by atoms with Gasteiger partial charge in [0.05, 0.1) is 6.04 Å². The Morgan fingerprint density at radius 2 is 2.36 bits per heavy atom. The molecular weight excluding hydrogens is 140 g/mol. The second kappa shape index (κ2) is 5.92. The summed E-state index contributed by atoms with van der Waals surface area (Å²) in [6, 6.07) is -0.111. The largest absolute Gasteiger partial charge is 0.358 e. The van der Waals surface area contributed by atoms with Crippen LogP contribution in [0.4, 0.5) is 0 Å². The third-order valence-electron chi connectivity index (χ3n) is 1.44. The van der Waals surface area contributed by atoms with E-state index in [-0.39, 0.29) is 11.9 Å². The molecule has 1 atom stereocenters. The van der Waals surface area contributed by atoms with E-state index < -0.39 is 0 Å². The highest BCUT2D eigenvalue weighted by Crippen LogP contribution is 1.82. The van der Waals surface area contributed by atoms with Crippen molar-refractivity contribution in [2.45, 2.75) is 19.4 Å². The zero-order valence-corrected chi connectivity index (χ0v) is 7.18. The number of amides is 1. The fraction of sp³-hybridized carbons (Fsp3) is 0.625. The van der Waals surface area contributed by atoms with E-state index in [0.29, 0.717) is 0 Å². The molecule has 0 aromatic heterocycles. The summed E-state index contributed by atoms with van der Waals surface area (Å²) in [6.07, 6.45) is 2.71. The summed E-state index contributed by atoms with van der Waals surface area (Å²) < 4.78 is 0. The average Bonchev–Trinajstić information content (AvgIpc) is 2.03. The van der Waals surface area contributed by atoms with Gasteiger partial charge in [0.1, 0.15) is 0 Å². The van der Waals surface area contributed by atoms with Crippen LogP contribution >= 0.6 is 0 Å². The molecule has 2 N–H and O–H groups in total. The van der Waals surface area contributed by atoms with Gasteiger partial charge >= 0.3 is 0 Å². The zero-order valence-electron chi connectivity index (χ0n) is 7.18. The van der Waals surface area contributed by atoms with Crippen molar-refractivity contribution < 1.29 is 4.79 Å². The number of likely N-dealkylation sites (N-methyl/N-ethyl adjacent to an activating group) is 1. The van der Waals surface area contributed by atoms with Crippen LogP contribution in [0, 0.1) is 0 Å². The first kappa shape index (κ1) is 10.2. The molecule has 1 amide bonds. The molecule has 0 spiro atoms. The van der Waals surface area contributed by atoms with E-state index in [1.54, 1.807) is 7.05 Å². The van der Waals surface area contributed by atoms with Crippen molar-refractivity contribution in [3.05, 3.63) is 12.7 Å². The Kier molecular flexibility index (Phi) is 5.47. The zero-order chi connectivity index (χ0) is 8.69. The molecule has 0 aliphatic rings. The van der Waals surface area contributed by atoms with Gasteiger partial charge in [-0.15, -0.1) is 6.58 Å². The predicted molar refractivity (Wildman–Crippen MR) is 46.3 cm³/mol. The van der Waals surface area contributed by atoms with Crippen molar-refractivity contribution in [1.29, 1.82) is 0 Å². The number of hydrogen-bond donors (Lipinski definition) is 2. The molecule has 0 heterocycles. The van der Waals surface area contributed by atoms with E-state index in [1.807, 2.05) is 13.0 Å². The summed E-state index contributed by atoms with van der Waals surface area (Å²) in [5.74, 6) is 0.0223. The number of hydrogen-bond acceptors (Lipinski definition) is 2. The van der Waals surface area contributed by atoms with Crippen LogP contribution in [0.2, 0.25) is 0 Å². The van der Waals surface area contributed by atoms with Crippen molar-refractivity contribution >= 4 is 5.91 Å². The standard InChI is InChI=1S/C8H16N2O/c1-4-5-6-10-7(2)8(11)9-3/h4,7,10H,1,5-6H2,2-3H3,(H,9,11). The summed E-state index contributed by atoms with van der Waals surface area (Å²) in [6.45, 7) is 6.22.